The number of hydrogen-bond donors (Lipinski definition) is 2. The lowest BCUT2D eigenvalue weighted by molar-refractivity contribution is -0.137. The van der Waals surface area contributed by atoms with Crippen LogP contribution in [-0.4, -0.2) is 38.1 Å². The molecule has 1 saturated carbocycles. The molecule has 2 fully saturated rings. The molecule has 138 valence electrons. The number of benzene rings is 1. The smallest absolute Gasteiger partial charge is 0.371 e. The van der Waals surface area contributed by atoms with Crippen molar-refractivity contribution in [1.29, 1.82) is 0 Å². The molecule has 1 amide bonds. The molecule has 0 unspecified atom stereocenters. The number of nitrogens with one attached hydrogen (secondary N) is 2. The van der Waals surface area contributed by atoms with Crippen LogP contribution >= 0.6 is 0 Å². The van der Waals surface area contributed by atoms with E-state index in [2.05, 4.69) is 15.5 Å². The second-order valence-corrected chi connectivity index (χ2v) is 7.08. The number of fused-ring (bicyclic) bond motifs is 1. The van der Waals surface area contributed by atoms with E-state index in [1.807, 2.05) is 6.92 Å². The van der Waals surface area contributed by atoms with Gasteiger partial charge in [0.15, 0.2) is 0 Å². The Labute approximate surface area is 145 Å². The molecule has 2 aliphatic rings. The number of amides is 1. The molecule has 0 spiro atoms. The van der Waals surface area contributed by atoms with Crippen LogP contribution in [-0.2, 0) is 11.0 Å². The molecular formula is C18H24F3N3O. The van der Waals surface area contributed by atoms with Crippen molar-refractivity contribution in [3.63, 3.8) is 0 Å². The number of nitrogens with zero attached hydrogens (tertiary/aromatic N) is 1. The highest BCUT2D eigenvalue weighted by molar-refractivity contribution is 5.81. The molecule has 1 aromatic rings. The van der Waals surface area contributed by atoms with Gasteiger partial charge in [0.25, 0.3) is 0 Å². The standard InChI is InChI=1S/C18H24F3N3O/c1-11(22-2)17(25)23-16-8-3-12-9-24(10-15(12)16)14-6-4-13(5-7-14)18(19,20)21/h4-7,11-12,15-16,22H,3,8-10H2,1-2H3,(H,23,25)/t11-,12+,15-,16-/m0/s1. The van der Waals surface area contributed by atoms with Crippen LogP contribution in [0, 0.1) is 11.8 Å². The Bertz CT molecular complexity index is 617. The second kappa shape index (κ2) is 6.86. The Hall–Kier alpha value is -1.76. The molecule has 1 saturated heterocycles. The van der Waals surface area contributed by atoms with E-state index in [9.17, 15) is 18.0 Å². The fourth-order valence-electron chi connectivity index (χ4n) is 3.96. The number of carbonyl (C=O) groups is 1. The van der Waals surface area contributed by atoms with E-state index in [4.69, 9.17) is 0 Å². The van der Waals surface area contributed by atoms with E-state index in [0.717, 1.165) is 43.8 Å². The van der Waals surface area contributed by atoms with E-state index in [0.29, 0.717) is 11.8 Å². The van der Waals surface area contributed by atoms with Crippen molar-refractivity contribution < 1.29 is 18.0 Å². The molecule has 25 heavy (non-hydrogen) atoms. The van der Waals surface area contributed by atoms with Crippen LogP contribution in [0.4, 0.5) is 18.9 Å². The molecule has 3 rings (SSSR count). The van der Waals surface area contributed by atoms with Crippen molar-refractivity contribution in [2.45, 2.75) is 38.0 Å². The number of hydrogen-bond acceptors (Lipinski definition) is 3. The van der Waals surface area contributed by atoms with Crippen LogP contribution in [0.3, 0.4) is 0 Å². The first-order valence-corrected chi connectivity index (χ1v) is 8.69. The summed E-state index contributed by atoms with van der Waals surface area (Å²) < 4.78 is 38.1. The zero-order valence-corrected chi connectivity index (χ0v) is 14.4. The van der Waals surface area contributed by atoms with Gasteiger partial charge in [-0.25, -0.2) is 0 Å². The third-order valence-electron chi connectivity index (χ3n) is 5.57. The summed E-state index contributed by atoms with van der Waals surface area (Å²) in [5.74, 6) is 0.842. The van der Waals surface area contributed by atoms with Crippen molar-refractivity contribution in [3.8, 4) is 0 Å². The molecule has 1 aromatic carbocycles. The molecular weight excluding hydrogens is 331 g/mol. The lowest BCUT2D eigenvalue weighted by atomic mass is 9.97. The highest BCUT2D eigenvalue weighted by Crippen LogP contribution is 2.40. The molecule has 7 heteroatoms. The fourth-order valence-corrected chi connectivity index (χ4v) is 3.96. The van der Waals surface area contributed by atoms with Gasteiger partial charge in [0, 0.05) is 30.7 Å². The number of rotatable bonds is 4. The van der Waals surface area contributed by atoms with Gasteiger partial charge in [-0.05, 0) is 57.0 Å². The summed E-state index contributed by atoms with van der Waals surface area (Å²) in [5, 5.41) is 6.06. The first-order chi connectivity index (χ1) is 11.8. The van der Waals surface area contributed by atoms with Gasteiger partial charge in [0.05, 0.1) is 11.6 Å². The molecule has 4 nitrogen and oxygen atoms in total. The van der Waals surface area contributed by atoms with Crippen LogP contribution in [0.2, 0.25) is 0 Å². The van der Waals surface area contributed by atoms with Gasteiger partial charge in [0.1, 0.15) is 0 Å². The van der Waals surface area contributed by atoms with Crippen LogP contribution in [0.25, 0.3) is 0 Å². The molecule has 4 atom stereocenters. The van der Waals surface area contributed by atoms with Gasteiger partial charge >= 0.3 is 6.18 Å². The minimum Gasteiger partial charge on any atom is -0.371 e. The zero-order valence-electron chi connectivity index (χ0n) is 14.4. The first-order valence-electron chi connectivity index (χ1n) is 8.69. The summed E-state index contributed by atoms with van der Waals surface area (Å²) in [6.45, 7) is 3.43. The summed E-state index contributed by atoms with van der Waals surface area (Å²) in [6.07, 6.45) is -2.29. The molecule has 0 bridgehead atoms. The lowest BCUT2D eigenvalue weighted by Crippen LogP contribution is -2.47. The number of likely N-dealkylation sites (N-methyl/N-ethyl adjacent to an activating group) is 1. The lowest BCUT2D eigenvalue weighted by Gasteiger charge is -2.24. The summed E-state index contributed by atoms with van der Waals surface area (Å²) in [5.41, 5.74) is 0.193. The summed E-state index contributed by atoms with van der Waals surface area (Å²) in [6, 6.07) is 5.27. The number of anilines is 1. The molecule has 0 radical (unpaired) electrons. The van der Waals surface area contributed by atoms with Gasteiger partial charge in [0.2, 0.25) is 5.91 Å². The predicted octanol–water partition coefficient (Wildman–Crippen LogP) is 2.64. The highest BCUT2D eigenvalue weighted by Gasteiger charge is 2.43. The first kappa shape index (κ1) is 18.0. The molecule has 1 aliphatic carbocycles. The normalized spacial score (nSPS) is 27.2. The molecule has 2 N–H and O–H groups in total. The highest BCUT2D eigenvalue weighted by atomic mass is 19.4. The maximum atomic E-state index is 12.7. The Kier molecular flexibility index (Phi) is 4.95. The topological polar surface area (TPSA) is 44.4 Å². The van der Waals surface area contributed by atoms with Crippen LogP contribution in [0.5, 0.6) is 0 Å². The second-order valence-electron chi connectivity index (χ2n) is 7.08. The summed E-state index contributed by atoms with van der Waals surface area (Å²) >= 11 is 0. The van der Waals surface area contributed by atoms with Crippen LogP contribution in [0.1, 0.15) is 25.3 Å². The Morgan fingerprint density at radius 1 is 1.20 bits per heavy atom. The average Bonchev–Trinajstić information content (AvgIpc) is 3.15. The van der Waals surface area contributed by atoms with Crippen molar-refractivity contribution in [3.05, 3.63) is 29.8 Å². The Balaban J connectivity index is 1.64. The van der Waals surface area contributed by atoms with Gasteiger partial charge in [-0.15, -0.1) is 0 Å². The van der Waals surface area contributed by atoms with E-state index in [1.165, 1.54) is 0 Å². The van der Waals surface area contributed by atoms with Crippen LogP contribution < -0.4 is 15.5 Å². The SMILES string of the molecule is CN[C@@H](C)C(=O)N[C@H]1CC[C@@H]2CN(c3ccc(C(F)(F)F)cc3)C[C@@H]21. The third-order valence-corrected chi connectivity index (χ3v) is 5.57. The average molecular weight is 355 g/mol. The van der Waals surface area contributed by atoms with Crippen LogP contribution in [0.15, 0.2) is 24.3 Å². The van der Waals surface area contributed by atoms with Crippen molar-refractivity contribution >= 4 is 11.6 Å². The van der Waals surface area contributed by atoms with E-state index < -0.39 is 11.7 Å². The third kappa shape index (κ3) is 3.76. The van der Waals surface area contributed by atoms with Crippen molar-refractivity contribution in [1.82, 2.24) is 10.6 Å². The zero-order chi connectivity index (χ0) is 18.2. The number of alkyl halides is 3. The Morgan fingerprint density at radius 3 is 2.48 bits per heavy atom. The molecule has 1 heterocycles. The minimum absolute atomic E-state index is 0.00105. The van der Waals surface area contributed by atoms with E-state index in [1.54, 1.807) is 19.2 Å². The van der Waals surface area contributed by atoms with Gasteiger partial charge in [-0.1, -0.05) is 0 Å². The maximum absolute atomic E-state index is 12.7. The maximum Gasteiger partial charge on any atom is 0.416 e. The monoisotopic (exact) mass is 355 g/mol. The van der Waals surface area contributed by atoms with Crippen molar-refractivity contribution in [2.75, 3.05) is 25.0 Å². The number of halogens is 3. The minimum atomic E-state index is -4.31. The summed E-state index contributed by atoms with van der Waals surface area (Å²) in [7, 11) is 1.75. The Morgan fingerprint density at radius 2 is 1.88 bits per heavy atom. The number of carbonyl (C=O) groups excluding carboxylic acids is 1. The fraction of sp³-hybridized carbons (Fsp3) is 0.611. The predicted molar refractivity (Wildman–Crippen MR) is 90.3 cm³/mol. The van der Waals surface area contributed by atoms with Gasteiger partial charge in [-0.3, -0.25) is 4.79 Å². The quantitative estimate of drug-likeness (QED) is 0.873. The van der Waals surface area contributed by atoms with Crippen molar-refractivity contribution in [2.24, 2.45) is 11.8 Å². The van der Waals surface area contributed by atoms with Gasteiger partial charge in [-0.2, -0.15) is 13.2 Å². The molecule has 0 aromatic heterocycles. The largest absolute Gasteiger partial charge is 0.416 e. The molecule has 1 aliphatic heterocycles. The van der Waals surface area contributed by atoms with Gasteiger partial charge < -0.3 is 15.5 Å². The summed E-state index contributed by atoms with van der Waals surface area (Å²) in [4.78, 5) is 14.2. The van der Waals surface area contributed by atoms with E-state index >= 15 is 0 Å². The van der Waals surface area contributed by atoms with E-state index in [-0.39, 0.29) is 18.0 Å².